The minimum Gasteiger partial charge on any atom is -0.481 e. The number of ether oxygens (including phenoxy) is 3. The Kier molecular flexibility index (Phi) is 19.4. The molecule has 0 aromatic carbocycles. The molecule has 0 unspecified atom stereocenters. The van der Waals surface area contributed by atoms with Gasteiger partial charge in [-0.1, -0.05) is 64.7 Å². The summed E-state index contributed by atoms with van der Waals surface area (Å²) in [6, 6.07) is 0. The molecular weight excluding hydrogens is 456 g/mol. The van der Waals surface area contributed by atoms with Crippen LogP contribution in [-0.2, 0) is 33.9 Å². The van der Waals surface area contributed by atoms with E-state index in [4.69, 9.17) is 29.0 Å². The van der Waals surface area contributed by atoms with Crippen molar-refractivity contribution in [3.63, 3.8) is 0 Å². The van der Waals surface area contributed by atoms with Gasteiger partial charge in [-0.05, 0) is 12.8 Å². The van der Waals surface area contributed by atoms with E-state index < -0.39 is 33.2 Å². The van der Waals surface area contributed by atoms with E-state index in [0.717, 1.165) is 6.42 Å². The number of carbonyl (C=O) groups is 2. The van der Waals surface area contributed by atoms with E-state index in [2.05, 4.69) is 6.92 Å². The first-order valence-corrected chi connectivity index (χ1v) is 13.4. The number of carboxylic acid groups (broad SMARTS) is 2. The molecule has 0 fully saturated rings. The van der Waals surface area contributed by atoms with Crippen LogP contribution in [-0.4, -0.2) is 80.0 Å². The van der Waals surface area contributed by atoms with Gasteiger partial charge < -0.3 is 24.4 Å². The minimum absolute atomic E-state index is 0.133. The molecule has 10 nitrogen and oxygen atoms in total. The Morgan fingerprint density at radius 1 is 0.667 bits per heavy atom. The first-order chi connectivity index (χ1) is 15.7. The zero-order chi connectivity index (χ0) is 25.0. The topological polar surface area (TPSA) is 157 Å². The highest BCUT2D eigenvalue weighted by atomic mass is 32.2. The summed E-state index contributed by atoms with van der Waals surface area (Å²) < 4.78 is 47.3. The van der Waals surface area contributed by atoms with Crippen molar-refractivity contribution >= 4 is 22.1 Å². The maximum atomic E-state index is 11.2. The SMILES string of the molecule is CCCCCCCCCCCCOCCOCCOCC[C@@H](C(=O)O)[C@@H](C(=O)O)S(=O)(=O)O. The normalized spacial score (nSPS) is 13.6. The molecule has 3 N–H and O–H groups in total. The van der Waals surface area contributed by atoms with Crippen molar-refractivity contribution in [3.05, 3.63) is 0 Å². The summed E-state index contributed by atoms with van der Waals surface area (Å²) in [6.45, 7) is 3.97. The van der Waals surface area contributed by atoms with E-state index in [1.54, 1.807) is 0 Å². The van der Waals surface area contributed by atoms with Gasteiger partial charge in [-0.15, -0.1) is 0 Å². The molecule has 2 atom stereocenters. The summed E-state index contributed by atoms with van der Waals surface area (Å²) >= 11 is 0. The first-order valence-electron chi connectivity index (χ1n) is 11.9. The predicted molar refractivity (Wildman–Crippen MR) is 123 cm³/mol. The third-order valence-corrected chi connectivity index (χ3v) is 6.38. The smallest absolute Gasteiger partial charge is 0.325 e. The van der Waals surface area contributed by atoms with Crippen molar-refractivity contribution in [2.24, 2.45) is 5.92 Å². The van der Waals surface area contributed by atoms with Gasteiger partial charge >= 0.3 is 11.9 Å². The Balaban J connectivity index is 3.60. The maximum Gasteiger partial charge on any atom is 0.325 e. The maximum absolute atomic E-state index is 11.2. The molecule has 0 saturated carbocycles. The van der Waals surface area contributed by atoms with Crippen LogP contribution in [0.1, 0.15) is 77.6 Å². The highest BCUT2D eigenvalue weighted by Crippen LogP contribution is 2.17. The van der Waals surface area contributed by atoms with Crippen LogP contribution in [0.2, 0.25) is 0 Å². The van der Waals surface area contributed by atoms with Crippen molar-refractivity contribution in [3.8, 4) is 0 Å². The largest absolute Gasteiger partial charge is 0.481 e. The average molecular weight is 499 g/mol. The fourth-order valence-corrected chi connectivity index (χ4v) is 4.28. The number of hydrogen-bond donors (Lipinski definition) is 3. The van der Waals surface area contributed by atoms with Gasteiger partial charge in [0.1, 0.15) is 0 Å². The van der Waals surface area contributed by atoms with Gasteiger partial charge in [-0.2, -0.15) is 8.42 Å². The Bertz CT molecular complexity index is 608. The molecule has 0 amide bonds. The van der Waals surface area contributed by atoms with Crippen molar-refractivity contribution in [2.45, 2.75) is 82.8 Å². The van der Waals surface area contributed by atoms with E-state index in [9.17, 15) is 18.0 Å². The van der Waals surface area contributed by atoms with Crippen LogP contribution in [0, 0.1) is 5.92 Å². The van der Waals surface area contributed by atoms with Crippen molar-refractivity contribution in [1.29, 1.82) is 0 Å². The molecule has 0 aromatic rings. The summed E-state index contributed by atoms with van der Waals surface area (Å²) in [5, 5.41) is 15.5. The second-order valence-corrected chi connectivity index (χ2v) is 9.56. The number of aliphatic carboxylic acids is 2. The van der Waals surface area contributed by atoms with Crippen LogP contribution >= 0.6 is 0 Å². The van der Waals surface area contributed by atoms with Crippen molar-refractivity contribution < 1.29 is 47.0 Å². The van der Waals surface area contributed by atoms with Gasteiger partial charge in [0.2, 0.25) is 0 Å². The highest BCUT2D eigenvalue weighted by Gasteiger charge is 2.42. The first kappa shape index (κ1) is 31.7. The molecule has 0 heterocycles. The fraction of sp³-hybridized carbons (Fsp3) is 0.909. The van der Waals surface area contributed by atoms with Crippen LogP contribution in [0.3, 0.4) is 0 Å². The van der Waals surface area contributed by atoms with E-state index in [1.807, 2.05) is 0 Å². The standard InChI is InChI=1S/C22H42O10S/c1-2-3-4-5-6-7-8-9-10-11-13-30-15-17-32-18-16-31-14-12-19(21(23)24)20(22(25)26)33(27,28)29/h19-20H,2-18H2,1H3,(H,23,24)(H,25,26)(H,27,28,29)/t19-,20+/m1/s1. The van der Waals surface area contributed by atoms with Crippen molar-refractivity contribution in [2.75, 3.05) is 39.6 Å². The molecular formula is C22H42O10S. The number of rotatable bonds is 24. The molecule has 0 bridgehead atoms. The Morgan fingerprint density at radius 3 is 1.52 bits per heavy atom. The van der Waals surface area contributed by atoms with Gasteiger partial charge in [0.25, 0.3) is 10.1 Å². The van der Waals surface area contributed by atoms with Gasteiger partial charge in [-0.25, -0.2) is 0 Å². The fourth-order valence-electron chi connectivity index (χ4n) is 3.36. The third kappa shape index (κ3) is 17.8. The molecule has 196 valence electrons. The van der Waals surface area contributed by atoms with Gasteiger partial charge in [0.05, 0.1) is 32.3 Å². The molecule has 0 rings (SSSR count). The molecule has 0 saturated heterocycles. The third-order valence-electron chi connectivity index (χ3n) is 5.21. The lowest BCUT2D eigenvalue weighted by Gasteiger charge is -2.17. The van der Waals surface area contributed by atoms with Gasteiger partial charge in [0.15, 0.2) is 5.25 Å². The number of unbranched alkanes of at least 4 members (excludes halogenated alkanes) is 9. The van der Waals surface area contributed by atoms with E-state index in [1.165, 1.54) is 57.8 Å². The average Bonchev–Trinajstić information content (AvgIpc) is 2.73. The molecule has 33 heavy (non-hydrogen) atoms. The lowest BCUT2D eigenvalue weighted by Crippen LogP contribution is -2.41. The molecule has 0 aliphatic heterocycles. The Labute approximate surface area is 197 Å². The molecule has 0 spiro atoms. The molecule has 0 aromatic heterocycles. The summed E-state index contributed by atoms with van der Waals surface area (Å²) in [4.78, 5) is 22.2. The van der Waals surface area contributed by atoms with E-state index >= 15 is 0 Å². The summed E-state index contributed by atoms with van der Waals surface area (Å²) in [5.74, 6) is -5.39. The lowest BCUT2D eigenvalue weighted by molar-refractivity contribution is -0.148. The summed E-state index contributed by atoms with van der Waals surface area (Å²) in [6.07, 6.45) is 12.3. The Hall–Kier alpha value is -1.27. The zero-order valence-electron chi connectivity index (χ0n) is 19.8. The number of hydrogen-bond acceptors (Lipinski definition) is 7. The molecule has 0 aliphatic carbocycles. The van der Waals surface area contributed by atoms with Crippen molar-refractivity contribution in [1.82, 2.24) is 0 Å². The molecule has 11 heteroatoms. The second kappa shape index (κ2) is 20.1. The Morgan fingerprint density at radius 2 is 1.09 bits per heavy atom. The van der Waals surface area contributed by atoms with Crippen LogP contribution in [0.5, 0.6) is 0 Å². The number of carboxylic acids is 2. The predicted octanol–water partition coefficient (Wildman–Crippen LogP) is 3.39. The van der Waals surface area contributed by atoms with Gasteiger partial charge in [-0.3, -0.25) is 14.1 Å². The highest BCUT2D eigenvalue weighted by molar-refractivity contribution is 7.87. The monoisotopic (exact) mass is 498 g/mol. The van der Waals surface area contributed by atoms with Gasteiger partial charge in [0, 0.05) is 13.2 Å². The minimum atomic E-state index is -5.06. The summed E-state index contributed by atoms with van der Waals surface area (Å²) in [7, 11) is -5.06. The van der Waals surface area contributed by atoms with Crippen LogP contribution in [0.25, 0.3) is 0 Å². The van der Waals surface area contributed by atoms with E-state index in [0.29, 0.717) is 19.8 Å². The van der Waals surface area contributed by atoms with Crippen LogP contribution < -0.4 is 0 Å². The molecule has 0 aliphatic rings. The zero-order valence-corrected chi connectivity index (χ0v) is 20.6. The van der Waals surface area contributed by atoms with Crippen LogP contribution in [0.4, 0.5) is 0 Å². The quantitative estimate of drug-likeness (QED) is 0.133. The molecule has 0 radical (unpaired) electrons. The second-order valence-electron chi connectivity index (χ2n) is 8.03. The summed E-state index contributed by atoms with van der Waals surface area (Å²) in [5.41, 5.74) is 0. The lowest BCUT2D eigenvalue weighted by atomic mass is 10.0. The van der Waals surface area contributed by atoms with Crippen LogP contribution in [0.15, 0.2) is 0 Å². The van der Waals surface area contributed by atoms with E-state index in [-0.39, 0.29) is 26.2 Å².